The van der Waals surface area contributed by atoms with E-state index in [1.165, 1.54) is 23.3 Å². The first kappa shape index (κ1) is 16.5. The number of nitrogens with zero attached hydrogens (tertiary/aromatic N) is 1. The zero-order chi connectivity index (χ0) is 15.5. The first-order valence-electron chi connectivity index (χ1n) is 7.93. The quantitative estimate of drug-likeness (QED) is 0.845. The molecular formula is C17H27NO2S. The summed E-state index contributed by atoms with van der Waals surface area (Å²) in [5, 5.41) is 0. The number of carbonyl (C=O) groups is 1. The summed E-state index contributed by atoms with van der Waals surface area (Å²) in [6.45, 7) is 11.7. The lowest BCUT2D eigenvalue weighted by Crippen LogP contribution is -2.40. The number of morpholine rings is 1. The predicted octanol–water partition coefficient (Wildman–Crippen LogP) is 3.86. The van der Waals surface area contributed by atoms with Crippen LogP contribution in [0.5, 0.6) is 0 Å². The summed E-state index contributed by atoms with van der Waals surface area (Å²) >= 11 is 1.69. The van der Waals surface area contributed by atoms with Crippen molar-refractivity contribution in [1.82, 2.24) is 4.90 Å². The molecule has 0 N–H and O–H groups in total. The van der Waals surface area contributed by atoms with Gasteiger partial charge in [-0.2, -0.15) is 0 Å². The van der Waals surface area contributed by atoms with Gasteiger partial charge in [-0.05, 0) is 29.9 Å². The second kappa shape index (κ2) is 6.93. The molecule has 0 aliphatic carbocycles. The van der Waals surface area contributed by atoms with Crippen LogP contribution in [-0.4, -0.2) is 37.1 Å². The van der Waals surface area contributed by atoms with Crippen molar-refractivity contribution >= 4 is 17.2 Å². The monoisotopic (exact) mass is 309 g/mol. The molecule has 3 nitrogen and oxygen atoms in total. The Morgan fingerprint density at radius 1 is 1.33 bits per heavy atom. The summed E-state index contributed by atoms with van der Waals surface area (Å²) in [6.07, 6.45) is 3.45. The first-order valence-corrected chi connectivity index (χ1v) is 8.75. The minimum atomic E-state index is 0.108. The lowest BCUT2D eigenvalue weighted by Gasteiger charge is -2.26. The third-order valence-corrected chi connectivity index (χ3v) is 5.39. The van der Waals surface area contributed by atoms with Crippen molar-refractivity contribution in [3.63, 3.8) is 0 Å². The summed E-state index contributed by atoms with van der Waals surface area (Å²) in [7, 11) is 0. The smallest absolute Gasteiger partial charge is 0.264 e. The van der Waals surface area contributed by atoms with Crippen LogP contribution in [0.3, 0.4) is 0 Å². The van der Waals surface area contributed by atoms with Gasteiger partial charge in [-0.3, -0.25) is 4.79 Å². The number of ether oxygens (including phenoxy) is 1. The zero-order valence-corrected chi connectivity index (χ0v) is 14.5. The maximum absolute atomic E-state index is 12.6. The number of hydrogen-bond donors (Lipinski definition) is 0. The average Bonchev–Trinajstić information content (AvgIpc) is 2.89. The molecule has 1 aliphatic heterocycles. The van der Waals surface area contributed by atoms with Crippen LogP contribution in [0.25, 0.3) is 0 Å². The predicted molar refractivity (Wildman–Crippen MR) is 88.4 cm³/mol. The molecule has 2 rings (SSSR count). The van der Waals surface area contributed by atoms with Crippen LogP contribution >= 0.6 is 11.3 Å². The lowest BCUT2D eigenvalue weighted by atomic mass is 9.90. The van der Waals surface area contributed by atoms with Crippen molar-refractivity contribution in [3.8, 4) is 0 Å². The molecule has 1 aliphatic rings. The van der Waals surface area contributed by atoms with Gasteiger partial charge in [-0.1, -0.05) is 34.1 Å². The molecule has 1 aromatic rings. The Labute approximate surface area is 132 Å². The highest BCUT2D eigenvalue weighted by Gasteiger charge is 2.26. The number of rotatable bonds is 4. The van der Waals surface area contributed by atoms with Crippen molar-refractivity contribution in [2.75, 3.05) is 26.3 Å². The first-order chi connectivity index (χ1) is 9.93. The molecule has 1 fully saturated rings. The van der Waals surface area contributed by atoms with E-state index in [1.807, 2.05) is 4.90 Å². The Balaban J connectivity index is 2.23. The standard InChI is InChI=1S/C17H27NO2S/c1-5-6-7-13-12-14(21-15(13)17(2,3)4)16(19)18-8-10-20-11-9-18/h12H,5-11H2,1-4H3. The van der Waals surface area contributed by atoms with Crippen molar-refractivity contribution < 1.29 is 9.53 Å². The van der Waals surface area contributed by atoms with Gasteiger partial charge >= 0.3 is 0 Å². The third-order valence-electron chi connectivity index (χ3n) is 3.80. The van der Waals surface area contributed by atoms with Gasteiger partial charge in [0.25, 0.3) is 5.91 Å². The topological polar surface area (TPSA) is 29.5 Å². The van der Waals surface area contributed by atoms with Crippen molar-refractivity contribution in [1.29, 1.82) is 0 Å². The molecule has 0 saturated carbocycles. The highest BCUT2D eigenvalue weighted by molar-refractivity contribution is 7.14. The van der Waals surface area contributed by atoms with Crippen molar-refractivity contribution in [2.24, 2.45) is 0 Å². The summed E-state index contributed by atoms with van der Waals surface area (Å²) < 4.78 is 5.33. The molecule has 0 unspecified atom stereocenters. The summed E-state index contributed by atoms with van der Waals surface area (Å²) in [6, 6.07) is 2.14. The van der Waals surface area contributed by atoms with Crippen LogP contribution in [0.15, 0.2) is 6.07 Å². The molecule has 0 aromatic carbocycles. The molecule has 1 amide bonds. The zero-order valence-electron chi connectivity index (χ0n) is 13.7. The van der Waals surface area contributed by atoms with Gasteiger partial charge < -0.3 is 9.64 Å². The molecule has 2 heterocycles. The molecule has 21 heavy (non-hydrogen) atoms. The summed E-state index contributed by atoms with van der Waals surface area (Å²) in [5.74, 6) is 0.177. The molecule has 118 valence electrons. The van der Waals surface area contributed by atoms with E-state index in [0.717, 1.165) is 11.3 Å². The van der Waals surface area contributed by atoms with Crippen molar-refractivity contribution in [2.45, 2.75) is 52.4 Å². The fourth-order valence-corrected chi connectivity index (χ4v) is 3.88. The fourth-order valence-electron chi connectivity index (χ4n) is 2.64. The molecule has 4 heteroatoms. The minimum Gasteiger partial charge on any atom is -0.378 e. The van der Waals surface area contributed by atoms with E-state index in [1.54, 1.807) is 11.3 Å². The Morgan fingerprint density at radius 2 is 2.00 bits per heavy atom. The second-order valence-corrected chi connectivity index (χ2v) is 7.78. The Kier molecular flexibility index (Phi) is 5.44. The Morgan fingerprint density at radius 3 is 2.57 bits per heavy atom. The highest BCUT2D eigenvalue weighted by atomic mass is 32.1. The summed E-state index contributed by atoms with van der Waals surface area (Å²) in [4.78, 5) is 16.8. The number of carbonyl (C=O) groups excluding carboxylic acids is 1. The van der Waals surface area contributed by atoms with E-state index in [4.69, 9.17) is 4.74 Å². The molecule has 0 spiro atoms. The highest BCUT2D eigenvalue weighted by Crippen LogP contribution is 2.35. The van der Waals surface area contributed by atoms with Crippen LogP contribution in [-0.2, 0) is 16.6 Å². The van der Waals surface area contributed by atoms with Crippen molar-refractivity contribution in [3.05, 3.63) is 21.4 Å². The van der Waals surface area contributed by atoms with Crippen LogP contribution in [0, 0.1) is 0 Å². The number of amides is 1. The van der Waals surface area contributed by atoms with Gasteiger partial charge in [-0.15, -0.1) is 11.3 Å². The maximum atomic E-state index is 12.6. The largest absolute Gasteiger partial charge is 0.378 e. The molecule has 0 radical (unpaired) electrons. The molecule has 0 bridgehead atoms. The normalized spacial score (nSPS) is 16.3. The molecule has 1 aromatic heterocycles. The van der Waals surface area contributed by atoms with Gasteiger partial charge in [-0.25, -0.2) is 0 Å². The fraction of sp³-hybridized carbons (Fsp3) is 0.706. The molecule has 0 atom stereocenters. The van der Waals surface area contributed by atoms with E-state index in [0.29, 0.717) is 26.3 Å². The van der Waals surface area contributed by atoms with Gasteiger partial charge in [0.05, 0.1) is 18.1 Å². The van der Waals surface area contributed by atoms with E-state index in [-0.39, 0.29) is 11.3 Å². The van der Waals surface area contributed by atoms with Crippen LogP contribution < -0.4 is 0 Å². The van der Waals surface area contributed by atoms with Gasteiger partial charge in [0.1, 0.15) is 0 Å². The number of aryl methyl sites for hydroxylation is 1. The van der Waals surface area contributed by atoms with E-state index < -0.39 is 0 Å². The SMILES string of the molecule is CCCCc1cc(C(=O)N2CCOCC2)sc1C(C)(C)C. The number of thiophene rings is 1. The maximum Gasteiger partial charge on any atom is 0.264 e. The lowest BCUT2D eigenvalue weighted by molar-refractivity contribution is 0.0306. The van der Waals surface area contributed by atoms with E-state index >= 15 is 0 Å². The van der Waals surface area contributed by atoms with E-state index in [9.17, 15) is 4.79 Å². The van der Waals surface area contributed by atoms with Crippen LogP contribution in [0.1, 0.15) is 60.6 Å². The van der Waals surface area contributed by atoms with Gasteiger partial charge in [0.2, 0.25) is 0 Å². The Bertz CT molecular complexity index is 481. The number of unbranched alkanes of at least 4 members (excludes halogenated alkanes) is 1. The van der Waals surface area contributed by atoms with Gasteiger partial charge in [0.15, 0.2) is 0 Å². The second-order valence-electron chi connectivity index (χ2n) is 6.72. The molecular weight excluding hydrogens is 282 g/mol. The molecule has 1 saturated heterocycles. The average molecular weight is 309 g/mol. The Hall–Kier alpha value is -0.870. The van der Waals surface area contributed by atoms with Gasteiger partial charge in [0, 0.05) is 18.0 Å². The van der Waals surface area contributed by atoms with Crippen LogP contribution in [0.4, 0.5) is 0 Å². The van der Waals surface area contributed by atoms with E-state index in [2.05, 4.69) is 33.8 Å². The third kappa shape index (κ3) is 4.07. The minimum absolute atomic E-state index is 0.108. The number of hydrogen-bond acceptors (Lipinski definition) is 3. The summed E-state index contributed by atoms with van der Waals surface area (Å²) in [5.41, 5.74) is 1.48. The van der Waals surface area contributed by atoms with Crippen LogP contribution in [0.2, 0.25) is 0 Å².